The fraction of sp³-hybridized carbons (Fsp3) is 0.304. The molecule has 0 bridgehead atoms. The monoisotopic (exact) mass is 468 g/mol. The van der Waals surface area contributed by atoms with E-state index >= 15 is 0 Å². The molecule has 0 atom stereocenters. The van der Waals surface area contributed by atoms with Crippen LogP contribution in [0.5, 0.6) is 11.5 Å². The number of aromatic amines is 1. The smallest absolute Gasteiger partial charge is 0.232 e. The number of allylic oxidation sites excluding steroid dienone is 1. The van der Waals surface area contributed by atoms with Gasteiger partial charge >= 0.3 is 0 Å². The second-order valence-corrected chi connectivity index (χ2v) is 10.2. The molecule has 2 aliphatic heterocycles. The highest BCUT2D eigenvalue weighted by molar-refractivity contribution is 7.90. The zero-order valence-electron chi connectivity index (χ0n) is 18.3. The third-order valence-electron chi connectivity index (χ3n) is 5.97. The first kappa shape index (κ1) is 21.6. The van der Waals surface area contributed by atoms with Crippen molar-refractivity contribution >= 4 is 32.6 Å². The van der Waals surface area contributed by atoms with Gasteiger partial charge in [-0.1, -0.05) is 0 Å². The number of nitrogens with one attached hydrogen (secondary N) is 2. The maximum Gasteiger partial charge on any atom is 0.232 e. The number of ether oxygens (including phenoxy) is 2. The number of nitrogens with zero attached hydrogens (tertiary/aromatic N) is 2. The van der Waals surface area contributed by atoms with Gasteiger partial charge in [-0.3, -0.25) is 14.8 Å². The van der Waals surface area contributed by atoms with Crippen molar-refractivity contribution in [3.05, 3.63) is 52.9 Å². The minimum absolute atomic E-state index is 0.137. The van der Waals surface area contributed by atoms with Crippen LogP contribution < -0.4 is 14.8 Å². The number of hydrogen-bond donors (Lipinski definition) is 2. The Hall–Kier alpha value is -3.21. The van der Waals surface area contributed by atoms with Gasteiger partial charge in [-0.15, -0.1) is 0 Å². The molecule has 1 saturated heterocycles. The lowest BCUT2D eigenvalue weighted by Crippen LogP contribution is -2.43. The van der Waals surface area contributed by atoms with E-state index in [1.807, 2.05) is 0 Å². The molecule has 0 aliphatic carbocycles. The predicted molar refractivity (Wildman–Crippen MR) is 123 cm³/mol. The van der Waals surface area contributed by atoms with Crippen molar-refractivity contribution in [2.24, 2.45) is 0 Å². The van der Waals surface area contributed by atoms with E-state index in [4.69, 9.17) is 9.47 Å². The van der Waals surface area contributed by atoms with E-state index in [1.54, 1.807) is 37.5 Å². The number of carbonyl (C=O) groups excluding carboxylic acids is 1. The number of piperazine rings is 1. The summed E-state index contributed by atoms with van der Waals surface area (Å²) in [5, 5.41) is 11.1. The molecule has 10 heteroatoms. The summed E-state index contributed by atoms with van der Waals surface area (Å²) < 4.78 is 35.6. The van der Waals surface area contributed by atoms with Crippen LogP contribution in [0.25, 0.3) is 17.0 Å². The summed E-state index contributed by atoms with van der Waals surface area (Å²) in [5.74, 6) is 1.06. The lowest BCUT2D eigenvalue weighted by molar-refractivity contribution is 0.101. The Morgan fingerprint density at radius 3 is 2.73 bits per heavy atom. The van der Waals surface area contributed by atoms with Crippen LogP contribution in [-0.2, 0) is 16.4 Å². The van der Waals surface area contributed by atoms with Crippen LogP contribution >= 0.6 is 0 Å². The number of carbonyl (C=O) groups is 1. The Balaban J connectivity index is 1.53. The van der Waals surface area contributed by atoms with Crippen molar-refractivity contribution in [2.75, 3.05) is 39.5 Å². The van der Waals surface area contributed by atoms with E-state index in [0.29, 0.717) is 40.2 Å². The van der Waals surface area contributed by atoms with Gasteiger partial charge in [0.05, 0.1) is 34.3 Å². The Kier molecular flexibility index (Phi) is 5.43. The van der Waals surface area contributed by atoms with Gasteiger partial charge in [0.2, 0.25) is 5.78 Å². The summed E-state index contributed by atoms with van der Waals surface area (Å²) in [6, 6.07) is 8.23. The standard InChI is InChI=1S/C23H24N4O5S/c1-31-20-6-4-15-22(28)21(32-23(15)17(20)13-27-9-7-24-8-10-27)12-19-16-11-14(33(2,29)30)3-5-18(16)25-26-19/h3-6,11-12,24H,7-10,13H2,1-2H3,(H,25,26). The minimum Gasteiger partial charge on any atom is -0.496 e. The highest BCUT2D eigenvalue weighted by Gasteiger charge is 2.32. The maximum atomic E-state index is 13.1. The average molecular weight is 469 g/mol. The molecule has 0 unspecified atom stereocenters. The second-order valence-electron chi connectivity index (χ2n) is 8.18. The molecule has 172 valence electrons. The van der Waals surface area contributed by atoms with Gasteiger partial charge in [0, 0.05) is 50.4 Å². The predicted octanol–water partition coefficient (Wildman–Crippen LogP) is 2.00. The number of rotatable bonds is 5. The summed E-state index contributed by atoms with van der Waals surface area (Å²) in [6.45, 7) is 4.21. The first-order chi connectivity index (χ1) is 15.8. The maximum absolute atomic E-state index is 13.1. The molecule has 0 amide bonds. The second kappa shape index (κ2) is 8.29. The number of hydrogen-bond acceptors (Lipinski definition) is 8. The van der Waals surface area contributed by atoms with Crippen LogP contribution in [-0.4, -0.2) is 68.8 Å². The molecular formula is C23H24N4O5S. The first-order valence-electron chi connectivity index (χ1n) is 10.6. The summed E-state index contributed by atoms with van der Waals surface area (Å²) in [6.07, 6.45) is 2.70. The molecule has 2 aliphatic rings. The van der Waals surface area contributed by atoms with Gasteiger partial charge in [0.15, 0.2) is 15.6 Å². The van der Waals surface area contributed by atoms with Crippen LogP contribution in [0.15, 0.2) is 41.0 Å². The number of benzene rings is 2. The molecule has 9 nitrogen and oxygen atoms in total. The van der Waals surface area contributed by atoms with Gasteiger partial charge in [-0.25, -0.2) is 8.42 Å². The van der Waals surface area contributed by atoms with E-state index in [2.05, 4.69) is 20.4 Å². The van der Waals surface area contributed by atoms with Gasteiger partial charge in [-0.05, 0) is 30.3 Å². The highest BCUT2D eigenvalue weighted by Crippen LogP contribution is 2.40. The van der Waals surface area contributed by atoms with Crippen LogP contribution in [0.2, 0.25) is 0 Å². The van der Waals surface area contributed by atoms with Crippen molar-refractivity contribution in [1.29, 1.82) is 0 Å². The number of Topliss-reactive ketones (excluding diaryl/α,β-unsaturated/α-hetero) is 1. The molecule has 1 aromatic heterocycles. The fourth-order valence-corrected chi connectivity index (χ4v) is 4.85. The molecule has 1 fully saturated rings. The number of H-pyrrole nitrogens is 1. The normalized spacial score (nSPS) is 18.0. The summed E-state index contributed by atoms with van der Waals surface area (Å²) in [4.78, 5) is 15.6. The van der Waals surface area contributed by atoms with Gasteiger partial charge in [-0.2, -0.15) is 5.10 Å². The van der Waals surface area contributed by atoms with Crippen LogP contribution in [0.1, 0.15) is 21.6 Å². The summed E-state index contributed by atoms with van der Waals surface area (Å²) in [7, 11) is -1.78. The van der Waals surface area contributed by atoms with E-state index in [0.717, 1.165) is 38.0 Å². The number of sulfone groups is 1. The number of fused-ring (bicyclic) bond motifs is 2. The van der Waals surface area contributed by atoms with Crippen LogP contribution in [0.4, 0.5) is 0 Å². The lowest BCUT2D eigenvalue weighted by atomic mass is 10.0. The van der Waals surface area contributed by atoms with Crippen molar-refractivity contribution in [1.82, 2.24) is 20.4 Å². The summed E-state index contributed by atoms with van der Waals surface area (Å²) >= 11 is 0. The van der Waals surface area contributed by atoms with E-state index in [-0.39, 0.29) is 16.4 Å². The van der Waals surface area contributed by atoms with Crippen LogP contribution in [0, 0.1) is 0 Å². The zero-order valence-corrected chi connectivity index (χ0v) is 19.2. The van der Waals surface area contributed by atoms with Crippen molar-refractivity contribution < 1.29 is 22.7 Å². The topological polar surface area (TPSA) is 114 Å². The third-order valence-corrected chi connectivity index (χ3v) is 7.08. The summed E-state index contributed by atoms with van der Waals surface area (Å²) in [5.41, 5.74) is 2.41. The van der Waals surface area contributed by atoms with E-state index < -0.39 is 9.84 Å². The van der Waals surface area contributed by atoms with Gasteiger partial charge < -0.3 is 14.8 Å². The molecular weight excluding hydrogens is 444 g/mol. The lowest BCUT2D eigenvalue weighted by Gasteiger charge is -2.28. The minimum atomic E-state index is -3.38. The first-order valence-corrected chi connectivity index (χ1v) is 12.5. The van der Waals surface area contributed by atoms with Crippen molar-refractivity contribution in [3.63, 3.8) is 0 Å². The number of methoxy groups -OCH3 is 1. The Morgan fingerprint density at radius 1 is 1.21 bits per heavy atom. The Morgan fingerprint density at radius 2 is 2.00 bits per heavy atom. The largest absolute Gasteiger partial charge is 0.496 e. The molecule has 33 heavy (non-hydrogen) atoms. The molecule has 3 aromatic rings. The number of aromatic nitrogens is 2. The molecule has 2 N–H and O–H groups in total. The molecule has 3 heterocycles. The molecule has 0 radical (unpaired) electrons. The number of ketones is 1. The Bertz CT molecular complexity index is 1390. The SMILES string of the molecule is COc1ccc2c(c1CN1CCNCC1)OC(=Cc1n[nH]c3ccc(S(C)(=O)=O)cc13)C2=O. The van der Waals surface area contributed by atoms with Crippen molar-refractivity contribution in [3.8, 4) is 11.5 Å². The van der Waals surface area contributed by atoms with E-state index in [9.17, 15) is 13.2 Å². The van der Waals surface area contributed by atoms with Gasteiger partial charge in [0.1, 0.15) is 11.5 Å². The highest BCUT2D eigenvalue weighted by atomic mass is 32.2. The molecule has 2 aromatic carbocycles. The quantitative estimate of drug-likeness (QED) is 0.547. The van der Waals surface area contributed by atoms with Crippen LogP contribution in [0.3, 0.4) is 0 Å². The van der Waals surface area contributed by atoms with Crippen molar-refractivity contribution in [2.45, 2.75) is 11.4 Å². The third kappa shape index (κ3) is 4.01. The molecule has 0 spiro atoms. The van der Waals surface area contributed by atoms with Gasteiger partial charge in [0.25, 0.3) is 0 Å². The molecule has 5 rings (SSSR count). The van der Waals surface area contributed by atoms with E-state index in [1.165, 1.54) is 6.07 Å². The molecule has 0 saturated carbocycles. The average Bonchev–Trinajstić information content (AvgIpc) is 3.35. The Labute approximate surface area is 191 Å². The zero-order chi connectivity index (χ0) is 23.2. The fourth-order valence-electron chi connectivity index (χ4n) is 4.20.